The normalized spacial score (nSPS) is 25.3. The van der Waals surface area contributed by atoms with Crippen LogP contribution in [0.1, 0.15) is 59.3 Å². The highest BCUT2D eigenvalue weighted by Crippen LogP contribution is 2.34. The lowest BCUT2D eigenvalue weighted by Gasteiger charge is -2.35. The maximum atomic E-state index is 6.11. The maximum Gasteiger partial charge on any atom is 0.0700 e. The van der Waals surface area contributed by atoms with Crippen molar-refractivity contribution in [2.24, 2.45) is 11.8 Å². The Morgan fingerprint density at radius 3 is 2.32 bits per heavy atom. The minimum Gasteiger partial charge on any atom is -0.379 e. The number of unbranched alkanes of at least 4 members (excludes halogenated alkanes) is 1. The lowest BCUT2D eigenvalue weighted by molar-refractivity contribution is -0.0241. The second-order valence-corrected chi connectivity index (χ2v) is 6.71. The van der Waals surface area contributed by atoms with Gasteiger partial charge in [-0.15, -0.1) is 0 Å². The fourth-order valence-corrected chi connectivity index (χ4v) is 3.04. The number of rotatable bonds is 12. The molecule has 3 atom stereocenters. The molecule has 0 aliphatic heterocycles. The van der Waals surface area contributed by atoms with Crippen LogP contribution >= 0.6 is 0 Å². The van der Waals surface area contributed by atoms with Crippen LogP contribution in [-0.2, 0) is 14.2 Å². The molecule has 0 aromatic carbocycles. The molecular weight excluding hydrogens is 276 g/mol. The zero-order valence-corrected chi connectivity index (χ0v) is 14.9. The van der Waals surface area contributed by atoms with Gasteiger partial charge in [-0.05, 0) is 44.9 Å². The zero-order chi connectivity index (χ0) is 16.2. The van der Waals surface area contributed by atoms with Crippen LogP contribution in [0, 0.1) is 11.8 Å². The van der Waals surface area contributed by atoms with Gasteiger partial charge in [0.1, 0.15) is 0 Å². The van der Waals surface area contributed by atoms with Gasteiger partial charge in [0.15, 0.2) is 0 Å². The van der Waals surface area contributed by atoms with E-state index in [0.717, 1.165) is 38.6 Å². The first-order valence-corrected chi connectivity index (χ1v) is 9.07. The summed E-state index contributed by atoms with van der Waals surface area (Å²) in [6, 6.07) is 0. The Morgan fingerprint density at radius 2 is 1.68 bits per heavy atom. The Hall–Kier alpha value is -0.380. The minimum atomic E-state index is 0.360. The van der Waals surface area contributed by atoms with Crippen molar-refractivity contribution in [2.75, 3.05) is 33.0 Å². The van der Waals surface area contributed by atoms with Gasteiger partial charge in [-0.2, -0.15) is 0 Å². The maximum absolute atomic E-state index is 6.11. The molecule has 3 nitrogen and oxygen atoms in total. The second kappa shape index (κ2) is 12.1. The van der Waals surface area contributed by atoms with Gasteiger partial charge in [-0.3, -0.25) is 0 Å². The van der Waals surface area contributed by atoms with Crippen LogP contribution in [0.4, 0.5) is 0 Å². The van der Waals surface area contributed by atoms with Gasteiger partial charge in [0.05, 0.1) is 19.3 Å². The molecule has 0 N–H and O–H groups in total. The summed E-state index contributed by atoms with van der Waals surface area (Å²) in [7, 11) is 0. The van der Waals surface area contributed by atoms with E-state index in [-0.39, 0.29) is 0 Å². The van der Waals surface area contributed by atoms with Gasteiger partial charge in [0.25, 0.3) is 0 Å². The van der Waals surface area contributed by atoms with Crippen molar-refractivity contribution in [3.8, 4) is 0 Å². The van der Waals surface area contributed by atoms with E-state index in [1.54, 1.807) is 0 Å². The van der Waals surface area contributed by atoms with Crippen LogP contribution in [0.5, 0.6) is 0 Å². The van der Waals surface area contributed by atoms with Crippen molar-refractivity contribution in [1.29, 1.82) is 0 Å². The van der Waals surface area contributed by atoms with E-state index in [2.05, 4.69) is 27.4 Å². The molecule has 0 aromatic rings. The molecule has 1 aliphatic carbocycles. The summed E-state index contributed by atoms with van der Waals surface area (Å²) in [4.78, 5) is 0. The van der Waals surface area contributed by atoms with Crippen molar-refractivity contribution in [1.82, 2.24) is 0 Å². The Bertz CT molecular complexity index is 290. The molecule has 1 fully saturated rings. The summed E-state index contributed by atoms with van der Waals surface area (Å²) in [6.07, 6.45) is 7.34. The van der Waals surface area contributed by atoms with E-state index < -0.39 is 0 Å². The van der Waals surface area contributed by atoms with Gasteiger partial charge in [0, 0.05) is 25.7 Å². The van der Waals surface area contributed by atoms with Gasteiger partial charge in [-0.25, -0.2) is 0 Å². The summed E-state index contributed by atoms with van der Waals surface area (Å²) in [6.45, 7) is 14.6. The number of ether oxygens (including phenoxy) is 3. The molecule has 0 saturated heterocycles. The highest BCUT2D eigenvalue weighted by molar-refractivity contribution is 5.02. The third kappa shape index (κ3) is 8.30. The largest absolute Gasteiger partial charge is 0.379 e. The SMILES string of the molecule is C=C(C)C1CCC(C)CC1OCCCOCCOCCCC. The van der Waals surface area contributed by atoms with Gasteiger partial charge >= 0.3 is 0 Å². The molecule has 130 valence electrons. The van der Waals surface area contributed by atoms with E-state index in [4.69, 9.17) is 14.2 Å². The molecule has 0 aromatic heterocycles. The molecule has 0 amide bonds. The van der Waals surface area contributed by atoms with E-state index in [9.17, 15) is 0 Å². The minimum absolute atomic E-state index is 0.360. The lowest BCUT2D eigenvalue weighted by Crippen LogP contribution is -2.32. The van der Waals surface area contributed by atoms with E-state index in [0.29, 0.717) is 25.2 Å². The number of hydrogen-bond acceptors (Lipinski definition) is 3. The first-order chi connectivity index (χ1) is 10.6. The topological polar surface area (TPSA) is 27.7 Å². The highest BCUT2D eigenvalue weighted by atomic mass is 16.5. The fourth-order valence-electron chi connectivity index (χ4n) is 3.04. The first kappa shape index (κ1) is 19.7. The van der Waals surface area contributed by atoms with E-state index in [1.165, 1.54) is 31.3 Å². The van der Waals surface area contributed by atoms with Crippen LogP contribution in [0.25, 0.3) is 0 Å². The third-order valence-corrected chi connectivity index (χ3v) is 4.47. The highest BCUT2D eigenvalue weighted by Gasteiger charge is 2.29. The summed E-state index contributed by atoms with van der Waals surface area (Å²) in [5.41, 5.74) is 1.28. The zero-order valence-electron chi connectivity index (χ0n) is 14.9. The van der Waals surface area contributed by atoms with Crippen LogP contribution in [0.3, 0.4) is 0 Å². The molecule has 0 bridgehead atoms. The van der Waals surface area contributed by atoms with Gasteiger partial charge in [-0.1, -0.05) is 32.4 Å². The molecule has 22 heavy (non-hydrogen) atoms. The molecule has 1 aliphatic rings. The molecular formula is C19H36O3. The summed E-state index contributed by atoms with van der Waals surface area (Å²) < 4.78 is 17.2. The van der Waals surface area contributed by atoms with Crippen molar-refractivity contribution < 1.29 is 14.2 Å². The lowest BCUT2D eigenvalue weighted by atomic mass is 9.78. The second-order valence-electron chi connectivity index (χ2n) is 6.71. The van der Waals surface area contributed by atoms with E-state index in [1.807, 2.05) is 0 Å². The fraction of sp³-hybridized carbons (Fsp3) is 0.895. The Morgan fingerprint density at radius 1 is 1.00 bits per heavy atom. The number of hydrogen-bond donors (Lipinski definition) is 0. The summed E-state index contributed by atoms with van der Waals surface area (Å²) in [5.74, 6) is 1.32. The quantitative estimate of drug-likeness (QED) is 0.389. The van der Waals surface area contributed by atoms with Crippen LogP contribution in [-0.4, -0.2) is 39.1 Å². The molecule has 3 heteroatoms. The Kier molecular flexibility index (Phi) is 10.8. The van der Waals surface area contributed by atoms with Gasteiger partial charge < -0.3 is 14.2 Å². The van der Waals surface area contributed by atoms with Gasteiger partial charge in [0.2, 0.25) is 0 Å². The molecule has 0 spiro atoms. The van der Waals surface area contributed by atoms with Crippen LogP contribution in [0.2, 0.25) is 0 Å². The van der Waals surface area contributed by atoms with E-state index >= 15 is 0 Å². The Balaban J connectivity index is 2.01. The Labute approximate surface area is 137 Å². The summed E-state index contributed by atoms with van der Waals surface area (Å²) in [5, 5.41) is 0. The molecule has 0 radical (unpaired) electrons. The first-order valence-electron chi connectivity index (χ1n) is 9.07. The smallest absolute Gasteiger partial charge is 0.0700 e. The molecule has 3 unspecified atom stereocenters. The van der Waals surface area contributed by atoms with Crippen molar-refractivity contribution in [3.63, 3.8) is 0 Å². The molecule has 0 heterocycles. The van der Waals surface area contributed by atoms with Crippen LogP contribution < -0.4 is 0 Å². The predicted octanol–water partition coefficient (Wildman–Crippen LogP) is 4.61. The monoisotopic (exact) mass is 312 g/mol. The van der Waals surface area contributed by atoms with Crippen molar-refractivity contribution in [2.45, 2.75) is 65.4 Å². The molecule has 1 rings (SSSR count). The van der Waals surface area contributed by atoms with Crippen LogP contribution in [0.15, 0.2) is 12.2 Å². The standard InChI is InChI=1S/C19H36O3/c1-5-6-10-20-13-14-21-11-7-12-22-19-15-17(4)8-9-18(19)16(2)3/h17-19H,2,5-15H2,1,3-4H3. The van der Waals surface area contributed by atoms with Crippen molar-refractivity contribution >= 4 is 0 Å². The molecule has 1 saturated carbocycles. The summed E-state index contributed by atoms with van der Waals surface area (Å²) >= 11 is 0. The third-order valence-electron chi connectivity index (χ3n) is 4.47. The van der Waals surface area contributed by atoms with Crippen molar-refractivity contribution in [3.05, 3.63) is 12.2 Å². The predicted molar refractivity (Wildman–Crippen MR) is 92.2 cm³/mol. The average molecular weight is 312 g/mol. The average Bonchev–Trinajstić information content (AvgIpc) is 2.49.